The van der Waals surface area contributed by atoms with Gasteiger partial charge in [-0.15, -0.1) is 0 Å². The molecule has 0 N–H and O–H groups in total. The zero-order chi connectivity index (χ0) is 17.3. The van der Waals surface area contributed by atoms with Crippen LogP contribution >= 0.6 is 0 Å². The molecule has 0 aliphatic heterocycles. The van der Waals surface area contributed by atoms with Gasteiger partial charge in [-0.1, -0.05) is 20.8 Å². The standard InChI is InChI=1S/C22H30N2/c1-14(2)20-11-13-23-21(17(20)5)15(3)6-7-18-10-12-24-22(16(18)4)19-8-9-19/h10-15,19H,6-9H2,1-5H3. The van der Waals surface area contributed by atoms with Gasteiger partial charge in [0, 0.05) is 29.7 Å². The summed E-state index contributed by atoms with van der Waals surface area (Å²) in [5, 5.41) is 0. The minimum absolute atomic E-state index is 0.487. The quantitative estimate of drug-likeness (QED) is 0.668. The first-order valence-corrected chi connectivity index (χ1v) is 9.38. The first-order valence-electron chi connectivity index (χ1n) is 9.38. The fourth-order valence-electron chi connectivity index (χ4n) is 3.83. The smallest absolute Gasteiger partial charge is 0.0466 e. The molecule has 2 aromatic rings. The third kappa shape index (κ3) is 3.53. The summed E-state index contributed by atoms with van der Waals surface area (Å²) in [7, 11) is 0. The first-order chi connectivity index (χ1) is 11.5. The maximum Gasteiger partial charge on any atom is 0.0466 e. The lowest BCUT2D eigenvalue weighted by atomic mass is 9.89. The number of pyridine rings is 2. The molecule has 1 atom stereocenters. The molecule has 2 nitrogen and oxygen atoms in total. The van der Waals surface area contributed by atoms with Crippen molar-refractivity contribution in [3.8, 4) is 0 Å². The number of nitrogens with zero attached hydrogens (tertiary/aromatic N) is 2. The summed E-state index contributed by atoms with van der Waals surface area (Å²) in [6.07, 6.45) is 8.88. The van der Waals surface area contributed by atoms with E-state index in [1.165, 1.54) is 46.5 Å². The molecule has 0 radical (unpaired) electrons. The highest BCUT2D eigenvalue weighted by Gasteiger charge is 2.27. The Hall–Kier alpha value is -1.70. The van der Waals surface area contributed by atoms with Crippen molar-refractivity contribution in [2.75, 3.05) is 0 Å². The molecule has 0 aromatic carbocycles. The van der Waals surface area contributed by atoms with Gasteiger partial charge in [-0.3, -0.25) is 9.97 Å². The van der Waals surface area contributed by atoms with Crippen molar-refractivity contribution in [2.24, 2.45) is 0 Å². The summed E-state index contributed by atoms with van der Waals surface area (Å²) < 4.78 is 0. The van der Waals surface area contributed by atoms with E-state index in [1.54, 1.807) is 0 Å². The lowest BCUT2D eigenvalue weighted by Crippen LogP contribution is -2.06. The van der Waals surface area contributed by atoms with Gasteiger partial charge in [-0.2, -0.15) is 0 Å². The molecular formula is C22H30N2. The number of aryl methyl sites for hydroxylation is 1. The Labute approximate surface area is 146 Å². The zero-order valence-electron chi connectivity index (χ0n) is 15.8. The molecule has 1 aliphatic carbocycles. The van der Waals surface area contributed by atoms with Crippen molar-refractivity contribution >= 4 is 0 Å². The Morgan fingerprint density at radius 1 is 1.00 bits per heavy atom. The van der Waals surface area contributed by atoms with Crippen LogP contribution in [0.15, 0.2) is 24.5 Å². The van der Waals surface area contributed by atoms with E-state index in [2.05, 4.69) is 51.7 Å². The van der Waals surface area contributed by atoms with E-state index in [-0.39, 0.29) is 0 Å². The van der Waals surface area contributed by atoms with Gasteiger partial charge < -0.3 is 0 Å². The minimum atomic E-state index is 0.487. The number of rotatable bonds is 6. The van der Waals surface area contributed by atoms with Gasteiger partial charge in [0.15, 0.2) is 0 Å². The average molecular weight is 322 g/mol. The largest absolute Gasteiger partial charge is 0.261 e. The average Bonchev–Trinajstić information content (AvgIpc) is 3.38. The Morgan fingerprint density at radius 2 is 1.71 bits per heavy atom. The maximum absolute atomic E-state index is 4.70. The SMILES string of the molecule is Cc1c(C(C)C)ccnc1C(C)CCc1ccnc(C2CC2)c1C. The molecule has 128 valence electrons. The van der Waals surface area contributed by atoms with Crippen molar-refractivity contribution in [2.45, 2.75) is 78.1 Å². The lowest BCUT2D eigenvalue weighted by Gasteiger charge is -2.18. The predicted molar refractivity (Wildman–Crippen MR) is 101 cm³/mol. The Kier molecular flexibility index (Phi) is 5.03. The van der Waals surface area contributed by atoms with Crippen molar-refractivity contribution < 1.29 is 0 Å². The highest BCUT2D eigenvalue weighted by molar-refractivity contribution is 5.35. The van der Waals surface area contributed by atoms with Gasteiger partial charge in [-0.05, 0) is 85.8 Å². The molecule has 1 aliphatic rings. The monoisotopic (exact) mass is 322 g/mol. The van der Waals surface area contributed by atoms with Crippen LogP contribution in [-0.2, 0) is 6.42 Å². The Morgan fingerprint density at radius 3 is 2.38 bits per heavy atom. The third-order valence-electron chi connectivity index (χ3n) is 5.54. The summed E-state index contributed by atoms with van der Waals surface area (Å²) in [4.78, 5) is 9.32. The molecule has 1 saturated carbocycles. The molecule has 24 heavy (non-hydrogen) atoms. The molecule has 2 aromatic heterocycles. The summed E-state index contributed by atoms with van der Waals surface area (Å²) in [5.41, 5.74) is 8.32. The highest BCUT2D eigenvalue weighted by Crippen LogP contribution is 2.41. The van der Waals surface area contributed by atoms with Gasteiger partial charge in [-0.25, -0.2) is 0 Å². The maximum atomic E-state index is 4.70. The molecule has 3 rings (SSSR count). The fraction of sp³-hybridized carbons (Fsp3) is 0.545. The molecule has 2 heteroatoms. The van der Waals surface area contributed by atoms with Crippen molar-refractivity contribution in [1.82, 2.24) is 9.97 Å². The predicted octanol–water partition coefficient (Wildman–Crippen LogP) is 5.83. The van der Waals surface area contributed by atoms with E-state index in [0.29, 0.717) is 11.8 Å². The van der Waals surface area contributed by atoms with Crippen LogP contribution in [0.4, 0.5) is 0 Å². The first kappa shape index (κ1) is 17.1. The fourth-order valence-corrected chi connectivity index (χ4v) is 3.83. The molecule has 0 bridgehead atoms. The second-order valence-electron chi connectivity index (χ2n) is 7.76. The van der Waals surface area contributed by atoms with Crippen molar-refractivity contribution in [3.63, 3.8) is 0 Å². The molecule has 0 spiro atoms. The second-order valence-corrected chi connectivity index (χ2v) is 7.76. The van der Waals surface area contributed by atoms with Crippen LogP contribution in [0.5, 0.6) is 0 Å². The van der Waals surface area contributed by atoms with E-state index < -0.39 is 0 Å². The number of aromatic nitrogens is 2. The van der Waals surface area contributed by atoms with E-state index >= 15 is 0 Å². The second kappa shape index (κ2) is 7.04. The van der Waals surface area contributed by atoms with E-state index in [0.717, 1.165) is 18.8 Å². The number of hydrogen-bond donors (Lipinski definition) is 0. The molecule has 2 heterocycles. The normalized spacial score (nSPS) is 15.8. The van der Waals surface area contributed by atoms with Gasteiger partial charge >= 0.3 is 0 Å². The van der Waals surface area contributed by atoms with E-state index in [4.69, 9.17) is 4.98 Å². The van der Waals surface area contributed by atoms with Crippen LogP contribution in [0.3, 0.4) is 0 Å². The Balaban J connectivity index is 1.73. The van der Waals surface area contributed by atoms with Crippen LogP contribution in [0.25, 0.3) is 0 Å². The van der Waals surface area contributed by atoms with Gasteiger partial charge in [0.1, 0.15) is 0 Å². The van der Waals surface area contributed by atoms with Crippen LogP contribution in [-0.4, -0.2) is 9.97 Å². The summed E-state index contributed by atoms with van der Waals surface area (Å²) in [6, 6.07) is 4.38. The molecule has 0 amide bonds. The summed E-state index contributed by atoms with van der Waals surface area (Å²) >= 11 is 0. The summed E-state index contributed by atoms with van der Waals surface area (Å²) in [5.74, 6) is 1.78. The van der Waals surface area contributed by atoms with Crippen LogP contribution in [0.2, 0.25) is 0 Å². The van der Waals surface area contributed by atoms with Crippen LogP contribution < -0.4 is 0 Å². The highest BCUT2D eigenvalue weighted by atomic mass is 14.7. The zero-order valence-corrected chi connectivity index (χ0v) is 15.8. The molecule has 1 fully saturated rings. The van der Waals surface area contributed by atoms with Gasteiger partial charge in [0.25, 0.3) is 0 Å². The van der Waals surface area contributed by atoms with Gasteiger partial charge in [0.05, 0.1) is 0 Å². The van der Waals surface area contributed by atoms with E-state index in [1.807, 2.05) is 12.4 Å². The molecular weight excluding hydrogens is 292 g/mol. The lowest BCUT2D eigenvalue weighted by molar-refractivity contribution is 0.649. The van der Waals surface area contributed by atoms with Crippen LogP contribution in [0, 0.1) is 13.8 Å². The minimum Gasteiger partial charge on any atom is -0.261 e. The Bertz CT molecular complexity index is 714. The summed E-state index contributed by atoms with van der Waals surface area (Å²) in [6.45, 7) is 11.3. The van der Waals surface area contributed by atoms with Crippen molar-refractivity contribution in [3.05, 3.63) is 58.2 Å². The van der Waals surface area contributed by atoms with Crippen molar-refractivity contribution in [1.29, 1.82) is 0 Å². The topological polar surface area (TPSA) is 25.8 Å². The van der Waals surface area contributed by atoms with E-state index in [9.17, 15) is 0 Å². The molecule has 1 unspecified atom stereocenters. The van der Waals surface area contributed by atoms with Gasteiger partial charge in [0.2, 0.25) is 0 Å². The number of hydrogen-bond acceptors (Lipinski definition) is 2. The van der Waals surface area contributed by atoms with Crippen LogP contribution in [0.1, 0.15) is 91.4 Å². The molecule has 0 saturated heterocycles. The third-order valence-corrected chi connectivity index (χ3v) is 5.54.